The van der Waals surface area contributed by atoms with Crippen LogP contribution in [0.2, 0.25) is 0 Å². The molecule has 6 heteroatoms. The smallest absolute Gasteiger partial charge is 0.277 e. The van der Waals surface area contributed by atoms with E-state index in [9.17, 15) is 14.9 Å². The predicted octanol–water partition coefficient (Wildman–Crippen LogP) is 2.99. The van der Waals surface area contributed by atoms with E-state index >= 15 is 0 Å². The number of nitro benzene ring substituents is 1. The van der Waals surface area contributed by atoms with E-state index in [-0.39, 0.29) is 16.9 Å². The molecule has 0 aliphatic heterocycles. The first-order chi connectivity index (χ1) is 10.6. The van der Waals surface area contributed by atoms with Gasteiger partial charge in [0.25, 0.3) is 11.2 Å². The number of nitrogens with zero attached hydrogens (tertiary/aromatic N) is 3. The lowest BCUT2D eigenvalue weighted by Gasteiger charge is -2.10. The van der Waals surface area contributed by atoms with Crippen LogP contribution in [-0.2, 0) is 6.54 Å². The van der Waals surface area contributed by atoms with Crippen LogP contribution >= 0.6 is 0 Å². The summed E-state index contributed by atoms with van der Waals surface area (Å²) in [6, 6.07) is 13.3. The summed E-state index contributed by atoms with van der Waals surface area (Å²) < 4.78 is 1.62. The molecular weight excluding hydrogens is 282 g/mol. The Labute approximate surface area is 125 Å². The van der Waals surface area contributed by atoms with Crippen molar-refractivity contribution in [3.05, 3.63) is 69.0 Å². The zero-order valence-electron chi connectivity index (χ0n) is 11.9. The molecule has 0 saturated carbocycles. The summed E-state index contributed by atoms with van der Waals surface area (Å²) in [4.78, 5) is 27.4. The zero-order valence-corrected chi connectivity index (χ0v) is 11.9. The predicted molar refractivity (Wildman–Crippen MR) is 83.8 cm³/mol. The summed E-state index contributed by atoms with van der Waals surface area (Å²) in [6.07, 6.45) is 0. The number of hydrogen-bond donors (Lipinski definition) is 0. The molecule has 0 atom stereocenters. The summed E-state index contributed by atoms with van der Waals surface area (Å²) in [7, 11) is 0. The molecule has 1 heterocycles. The fourth-order valence-electron chi connectivity index (χ4n) is 2.46. The van der Waals surface area contributed by atoms with Gasteiger partial charge in [-0.3, -0.25) is 14.9 Å². The van der Waals surface area contributed by atoms with Crippen molar-refractivity contribution in [3.8, 4) is 11.3 Å². The van der Waals surface area contributed by atoms with Crippen LogP contribution in [0.4, 0.5) is 5.69 Å². The van der Waals surface area contributed by atoms with Crippen LogP contribution in [0.5, 0.6) is 0 Å². The van der Waals surface area contributed by atoms with Crippen molar-refractivity contribution in [2.75, 3.05) is 0 Å². The lowest BCUT2D eigenvalue weighted by Crippen LogP contribution is -2.22. The van der Waals surface area contributed by atoms with Crippen molar-refractivity contribution < 1.29 is 4.92 Å². The Morgan fingerprint density at radius 3 is 2.68 bits per heavy atom. The highest BCUT2D eigenvalue weighted by Gasteiger charge is 2.14. The molecule has 1 aromatic heterocycles. The average molecular weight is 295 g/mol. The molecule has 110 valence electrons. The fraction of sp³-hybridized carbons (Fsp3) is 0.125. The average Bonchev–Trinajstić information content (AvgIpc) is 2.54. The third kappa shape index (κ3) is 2.24. The van der Waals surface area contributed by atoms with Crippen molar-refractivity contribution in [3.63, 3.8) is 0 Å². The van der Waals surface area contributed by atoms with Gasteiger partial charge in [-0.25, -0.2) is 4.98 Å². The molecule has 0 spiro atoms. The van der Waals surface area contributed by atoms with Gasteiger partial charge in [0, 0.05) is 24.2 Å². The zero-order chi connectivity index (χ0) is 15.7. The number of non-ortho nitro benzene ring substituents is 1. The van der Waals surface area contributed by atoms with Gasteiger partial charge >= 0.3 is 0 Å². The normalized spacial score (nSPS) is 10.8. The van der Waals surface area contributed by atoms with E-state index in [4.69, 9.17) is 0 Å². The lowest BCUT2D eigenvalue weighted by atomic mass is 10.1. The molecule has 0 unspecified atom stereocenters. The van der Waals surface area contributed by atoms with Crippen molar-refractivity contribution >= 4 is 16.7 Å². The Morgan fingerprint density at radius 1 is 1.18 bits per heavy atom. The highest BCUT2D eigenvalue weighted by Crippen LogP contribution is 2.21. The van der Waals surface area contributed by atoms with E-state index < -0.39 is 4.92 Å². The van der Waals surface area contributed by atoms with Crippen LogP contribution in [-0.4, -0.2) is 14.5 Å². The Balaban J connectivity index is 2.32. The van der Waals surface area contributed by atoms with E-state index in [1.54, 1.807) is 16.7 Å². The molecule has 3 aromatic rings. The minimum Gasteiger partial charge on any atom is -0.305 e. The number of aryl methyl sites for hydroxylation is 1. The van der Waals surface area contributed by atoms with E-state index in [0.29, 0.717) is 17.6 Å². The monoisotopic (exact) mass is 295 g/mol. The third-order valence-corrected chi connectivity index (χ3v) is 3.50. The molecule has 6 nitrogen and oxygen atoms in total. The van der Waals surface area contributed by atoms with Crippen LogP contribution in [0.3, 0.4) is 0 Å². The van der Waals surface area contributed by atoms with Crippen LogP contribution in [0, 0.1) is 10.1 Å². The minimum absolute atomic E-state index is 0.0603. The first-order valence-electron chi connectivity index (χ1n) is 6.86. The molecule has 0 aliphatic carbocycles. The molecule has 3 rings (SSSR count). The lowest BCUT2D eigenvalue weighted by molar-refractivity contribution is -0.384. The summed E-state index contributed by atoms with van der Waals surface area (Å²) in [5, 5.41) is 10.9. The van der Waals surface area contributed by atoms with Gasteiger partial charge in [0.15, 0.2) is 0 Å². The van der Waals surface area contributed by atoms with E-state index in [1.165, 1.54) is 12.1 Å². The molecule has 0 bridgehead atoms. The second kappa shape index (κ2) is 5.40. The van der Waals surface area contributed by atoms with Gasteiger partial charge in [0.05, 0.1) is 16.0 Å². The van der Waals surface area contributed by atoms with Crippen LogP contribution in [0.15, 0.2) is 53.3 Å². The Kier molecular flexibility index (Phi) is 3.42. The quantitative estimate of drug-likeness (QED) is 0.549. The van der Waals surface area contributed by atoms with Gasteiger partial charge in [-0.15, -0.1) is 0 Å². The first-order valence-corrected chi connectivity index (χ1v) is 6.86. The summed E-state index contributed by atoms with van der Waals surface area (Å²) >= 11 is 0. The highest BCUT2D eigenvalue weighted by molar-refractivity contribution is 5.78. The molecule has 0 N–H and O–H groups in total. The van der Waals surface area contributed by atoms with Crippen LogP contribution in [0.1, 0.15) is 6.92 Å². The number of nitro groups is 1. The standard InChI is InChI=1S/C16H13N3O3/c1-2-18-14-9-4-3-8-13(14)17-15(16(18)20)11-6-5-7-12(10-11)19(21)22/h3-10H,2H2,1H3. The Bertz CT molecular complexity index is 931. The van der Waals surface area contributed by atoms with Crippen molar-refractivity contribution in [2.24, 2.45) is 0 Å². The number of fused-ring (bicyclic) bond motifs is 1. The maximum absolute atomic E-state index is 12.6. The van der Waals surface area contributed by atoms with Crippen molar-refractivity contribution in [1.29, 1.82) is 0 Å². The second-order valence-electron chi connectivity index (χ2n) is 4.81. The van der Waals surface area contributed by atoms with Crippen molar-refractivity contribution in [1.82, 2.24) is 9.55 Å². The number of rotatable bonds is 3. The molecule has 2 aromatic carbocycles. The maximum atomic E-state index is 12.6. The largest absolute Gasteiger partial charge is 0.305 e. The molecular formula is C16H13N3O3. The van der Waals surface area contributed by atoms with E-state index in [2.05, 4.69) is 4.98 Å². The Hall–Kier alpha value is -3.02. The van der Waals surface area contributed by atoms with Gasteiger partial charge in [-0.2, -0.15) is 0 Å². The van der Waals surface area contributed by atoms with Gasteiger partial charge in [0.1, 0.15) is 5.69 Å². The molecule has 0 radical (unpaired) electrons. The number of benzene rings is 2. The molecule has 0 aliphatic rings. The summed E-state index contributed by atoms with van der Waals surface area (Å²) in [5.74, 6) is 0. The van der Waals surface area contributed by atoms with Crippen LogP contribution in [0.25, 0.3) is 22.3 Å². The highest BCUT2D eigenvalue weighted by atomic mass is 16.6. The molecule has 0 saturated heterocycles. The minimum atomic E-state index is -0.483. The van der Waals surface area contributed by atoms with Crippen molar-refractivity contribution in [2.45, 2.75) is 13.5 Å². The fourth-order valence-corrected chi connectivity index (χ4v) is 2.46. The molecule has 0 fully saturated rings. The molecule has 0 amide bonds. The van der Waals surface area contributed by atoms with E-state index in [1.807, 2.05) is 31.2 Å². The second-order valence-corrected chi connectivity index (χ2v) is 4.81. The maximum Gasteiger partial charge on any atom is 0.277 e. The topological polar surface area (TPSA) is 78.0 Å². The summed E-state index contributed by atoms with van der Waals surface area (Å²) in [6.45, 7) is 2.38. The van der Waals surface area contributed by atoms with Gasteiger partial charge in [-0.05, 0) is 19.1 Å². The number of hydrogen-bond acceptors (Lipinski definition) is 4. The van der Waals surface area contributed by atoms with E-state index in [0.717, 1.165) is 5.52 Å². The van der Waals surface area contributed by atoms with Crippen LogP contribution < -0.4 is 5.56 Å². The number of para-hydroxylation sites is 2. The molecule has 22 heavy (non-hydrogen) atoms. The van der Waals surface area contributed by atoms with Gasteiger partial charge < -0.3 is 4.57 Å². The SMILES string of the molecule is CCn1c(=O)c(-c2cccc([N+](=O)[O-])c2)nc2ccccc21. The number of aromatic nitrogens is 2. The summed E-state index contributed by atoms with van der Waals surface area (Å²) in [5.41, 5.74) is 1.81. The Morgan fingerprint density at radius 2 is 1.95 bits per heavy atom. The third-order valence-electron chi connectivity index (χ3n) is 3.50. The van der Waals surface area contributed by atoms with Gasteiger partial charge in [0.2, 0.25) is 0 Å². The first kappa shape index (κ1) is 13.9. The van der Waals surface area contributed by atoms with Gasteiger partial charge in [-0.1, -0.05) is 24.3 Å².